The molecule has 0 saturated carbocycles. The van der Waals surface area contributed by atoms with Gasteiger partial charge >= 0.3 is 5.69 Å². The number of anilines is 1. The molecule has 2 heterocycles. The lowest BCUT2D eigenvalue weighted by molar-refractivity contribution is -0.386. The molecule has 0 amide bonds. The molecule has 1 saturated heterocycles. The Kier molecular flexibility index (Phi) is 3.61. The third-order valence-electron chi connectivity index (χ3n) is 3.00. The predicted molar refractivity (Wildman–Crippen MR) is 66.5 cm³/mol. The number of likely N-dealkylation sites (tertiary alicyclic amines) is 1. The molecule has 7 nitrogen and oxygen atoms in total. The molecule has 1 aromatic rings. The van der Waals surface area contributed by atoms with Gasteiger partial charge in [0.25, 0.3) is 5.88 Å². The normalized spacial score (nSPS) is 17.6. The Morgan fingerprint density at radius 3 is 2.78 bits per heavy atom. The molecule has 2 N–H and O–H groups in total. The summed E-state index contributed by atoms with van der Waals surface area (Å²) >= 11 is 0. The number of nitrogen functional groups attached to an aromatic ring is 1. The molecule has 1 aliphatic heterocycles. The van der Waals surface area contributed by atoms with Gasteiger partial charge in [0.2, 0.25) is 0 Å². The number of pyridine rings is 1. The summed E-state index contributed by atoms with van der Waals surface area (Å²) in [6.45, 7) is 1.83. The van der Waals surface area contributed by atoms with E-state index in [1.165, 1.54) is 12.1 Å². The molecule has 0 bridgehead atoms. The van der Waals surface area contributed by atoms with Crippen molar-refractivity contribution in [1.29, 1.82) is 0 Å². The molecule has 0 spiro atoms. The van der Waals surface area contributed by atoms with E-state index in [4.69, 9.17) is 10.5 Å². The first kappa shape index (κ1) is 12.6. The van der Waals surface area contributed by atoms with E-state index in [9.17, 15) is 10.1 Å². The van der Waals surface area contributed by atoms with Crippen molar-refractivity contribution in [3.8, 4) is 5.88 Å². The smallest absolute Gasteiger partial charge is 0.331 e. The van der Waals surface area contributed by atoms with E-state index in [2.05, 4.69) is 9.88 Å². The van der Waals surface area contributed by atoms with E-state index in [0.29, 0.717) is 0 Å². The molecule has 1 fully saturated rings. The van der Waals surface area contributed by atoms with Gasteiger partial charge in [-0.2, -0.15) is 4.98 Å². The molecule has 7 heteroatoms. The van der Waals surface area contributed by atoms with Crippen molar-refractivity contribution >= 4 is 11.5 Å². The fourth-order valence-corrected chi connectivity index (χ4v) is 1.93. The van der Waals surface area contributed by atoms with Gasteiger partial charge in [-0.1, -0.05) is 0 Å². The predicted octanol–water partition coefficient (Wildman–Crippen LogP) is 1.05. The minimum absolute atomic E-state index is 0.0227. The van der Waals surface area contributed by atoms with Crippen LogP contribution in [0.1, 0.15) is 12.8 Å². The molecule has 1 aliphatic rings. The Bertz CT molecular complexity index is 444. The number of nitro groups is 1. The van der Waals surface area contributed by atoms with Crippen LogP contribution >= 0.6 is 0 Å². The first-order chi connectivity index (χ1) is 8.56. The summed E-state index contributed by atoms with van der Waals surface area (Å²) in [4.78, 5) is 16.5. The number of hydrogen-bond acceptors (Lipinski definition) is 6. The largest absolute Gasteiger partial charge is 0.469 e. The number of ether oxygens (including phenoxy) is 1. The van der Waals surface area contributed by atoms with Crippen molar-refractivity contribution in [2.75, 3.05) is 25.9 Å². The van der Waals surface area contributed by atoms with Gasteiger partial charge in [-0.05, 0) is 26.0 Å². The topological polar surface area (TPSA) is 94.5 Å². The van der Waals surface area contributed by atoms with Crippen molar-refractivity contribution in [3.05, 3.63) is 22.2 Å². The Hall–Kier alpha value is -1.89. The van der Waals surface area contributed by atoms with E-state index in [0.717, 1.165) is 25.9 Å². The Labute approximate surface area is 105 Å². The molecule has 1 aromatic heterocycles. The zero-order chi connectivity index (χ0) is 13.1. The number of nitrogens with two attached hydrogens (primary N) is 1. The van der Waals surface area contributed by atoms with Crippen molar-refractivity contribution in [1.82, 2.24) is 9.88 Å². The van der Waals surface area contributed by atoms with Crippen LogP contribution < -0.4 is 10.5 Å². The fraction of sp³-hybridized carbons (Fsp3) is 0.545. The van der Waals surface area contributed by atoms with Crippen molar-refractivity contribution in [2.45, 2.75) is 18.9 Å². The standard InChI is InChI=1S/C11H16N4O3/c1-14-6-4-8(5-7-14)18-11-9(15(16)17)2-3-10(12)13-11/h2-3,8H,4-7H2,1H3,(H2,12,13). The number of rotatable bonds is 3. The second-order valence-electron chi connectivity index (χ2n) is 4.44. The average molecular weight is 252 g/mol. The molecule has 0 radical (unpaired) electrons. The van der Waals surface area contributed by atoms with Gasteiger partial charge in [-0.15, -0.1) is 0 Å². The highest BCUT2D eigenvalue weighted by atomic mass is 16.6. The summed E-state index contributed by atoms with van der Waals surface area (Å²) in [5, 5.41) is 10.9. The van der Waals surface area contributed by atoms with E-state index < -0.39 is 4.92 Å². The van der Waals surface area contributed by atoms with Crippen LogP contribution in [0.25, 0.3) is 0 Å². The van der Waals surface area contributed by atoms with Crippen LogP contribution in [0, 0.1) is 10.1 Å². The molecule has 0 atom stereocenters. The summed E-state index contributed by atoms with van der Waals surface area (Å²) in [6.07, 6.45) is 1.64. The maximum absolute atomic E-state index is 10.9. The molecule has 2 rings (SSSR count). The van der Waals surface area contributed by atoms with E-state index >= 15 is 0 Å². The van der Waals surface area contributed by atoms with Gasteiger partial charge in [-0.25, -0.2) is 0 Å². The Morgan fingerprint density at radius 1 is 1.50 bits per heavy atom. The van der Waals surface area contributed by atoms with Gasteiger partial charge in [-0.3, -0.25) is 10.1 Å². The molecule has 0 aromatic carbocycles. The second kappa shape index (κ2) is 5.18. The molecular formula is C11H16N4O3. The summed E-state index contributed by atoms with van der Waals surface area (Å²) in [6, 6.07) is 2.73. The third kappa shape index (κ3) is 2.86. The lowest BCUT2D eigenvalue weighted by Crippen LogP contribution is -2.35. The molecule has 18 heavy (non-hydrogen) atoms. The summed E-state index contributed by atoms with van der Waals surface area (Å²) in [7, 11) is 2.04. The van der Waals surface area contributed by atoms with Gasteiger partial charge < -0.3 is 15.4 Å². The fourth-order valence-electron chi connectivity index (χ4n) is 1.93. The highest BCUT2D eigenvalue weighted by Crippen LogP contribution is 2.28. The highest BCUT2D eigenvalue weighted by Gasteiger charge is 2.23. The van der Waals surface area contributed by atoms with Crippen LogP contribution in [0.2, 0.25) is 0 Å². The lowest BCUT2D eigenvalue weighted by Gasteiger charge is -2.28. The number of hydrogen-bond donors (Lipinski definition) is 1. The first-order valence-corrected chi connectivity index (χ1v) is 5.82. The van der Waals surface area contributed by atoms with Crippen LogP contribution in [-0.2, 0) is 0 Å². The molecule has 0 unspecified atom stereocenters. The minimum Gasteiger partial charge on any atom is -0.469 e. The number of aromatic nitrogens is 1. The van der Waals surface area contributed by atoms with Gasteiger partial charge in [0.1, 0.15) is 11.9 Å². The third-order valence-corrected chi connectivity index (χ3v) is 3.00. The summed E-state index contributed by atoms with van der Waals surface area (Å²) < 4.78 is 5.62. The van der Waals surface area contributed by atoms with E-state index in [1.807, 2.05) is 7.05 Å². The maximum atomic E-state index is 10.9. The monoisotopic (exact) mass is 252 g/mol. The van der Waals surface area contributed by atoms with Crippen LogP contribution in [0.4, 0.5) is 11.5 Å². The van der Waals surface area contributed by atoms with Crippen LogP contribution in [-0.4, -0.2) is 41.0 Å². The highest BCUT2D eigenvalue weighted by molar-refractivity contribution is 5.47. The maximum Gasteiger partial charge on any atom is 0.331 e. The SMILES string of the molecule is CN1CCC(Oc2nc(N)ccc2[N+](=O)[O-])CC1. The van der Waals surface area contributed by atoms with E-state index in [1.54, 1.807) is 0 Å². The van der Waals surface area contributed by atoms with E-state index in [-0.39, 0.29) is 23.5 Å². The lowest BCUT2D eigenvalue weighted by atomic mass is 10.1. The van der Waals surface area contributed by atoms with Gasteiger partial charge in [0, 0.05) is 19.2 Å². The quantitative estimate of drug-likeness (QED) is 0.638. The molecule has 98 valence electrons. The van der Waals surface area contributed by atoms with Crippen LogP contribution in [0.5, 0.6) is 5.88 Å². The Morgan fingerprint density at radius 2 is 2.17 bits per heavy atom. The van der Waals surface area contributed by atoms with Gasteiger partial charge in [0.05, 0.1) is 4.92 Å². The van der Waals surface area contributed by atoms with Crippen LogP contribution in [0.3, 0.4) is 0 Å². The first-order valence-electron chi connectivity index (χ1n) is 5.82. The summed E-state index contributed by atoms with van der Waals surface area (Å²) in [5.74, 6) is 0.248. The average Bonchev–Trinajstić information content (AvgIpc) is 2.32. The zero-order valence-electron chi connectivity index (χ0n) is 10.2. The van der Waals surface area contributed by atoms with Gasteiger partial charge in [0.15, 0.2) is 0 Å². The second-order valence-corrected chi connectivity index (χ2v) is 4.44. The van der Waals surface area contributed by atoms with Crippen molar-refractivity contribution in [2.24, 2.45) is 0 Å². The van der Waals surface area contributed by atoms with Crippen molar-refractivity contribution < 1.29 is 9.66 Å². The van der Waals surface area contributed by atoms with Crippen molar-refractivity contribution in [3.63, 3.8) is 0 Å². The Balaban J connectivity index is 2.12. The number of nitrogens with zero attached hydrogens (tertiary/aromatic N) is 3. The minimum atomic E-state index is -0.503. The van der Waals surface area contributed by atoms with Crippen LogP contribution in [0.15, 0.2) is 12.1 Å². The molecule has 0 aliphatic carbocycles. The summed E-state index contributed by atoms with van der Waals surface area (Å²) in [5.41, 5.74) is 5.40. The zero-order valence-corrected chi connectivity index (χ0v) is 10.2. The number of piperidine rings is 1. The molecular weight excluding hydrogens is 236 g/mol.